The van der Waals surface area contributed by atoms with Crippen LogP contribution in [0.2, 0.25) is 0 Å². The Kier molecular flexibility index (Phi) is 4.45. The van der Waals surface area contributed by atoms with Gasteiger partial charge < -0.3 is 9.47 Å². The minimum Gasteiger partial charge on any atom is -0.497 e. The third-order valence-corrected chi connectivity index (χ3v) is 11.7. The lowest BCUT2D eigenvalue weighted by atomic mass is 10.2. The predicted octanol–water partition coefficient (Wildman–Crippen LogP) is 4.82. The van der Waals surface area contributed by atoms with E-state index in [2.05, 4.69) is 47.0 Å². The van der Waals surface area contributed by atoms with Crippen molar-refractivity contribution in [1.29, 1.82) is 0 Å². The van der Waals surface area contributed by atoms with Gasteiger partial charge in [0.2, 0.25) is 0 Å². The lowest BCUT2D eigenvalue weighted by Gasteiger charge is -2.34. The second kappa shape index (κ2) is 6.30. The summed E-state index contributed by atoms with van der Waals surface area (Å²) in [6, 6.07) is 16.8. The Balaban J connectivity index is 1.62. The van der Waals surface area contributed by atoms with Gasteiger partial charge in [-0.1, -0.05) is 34.9 Å². The van der Waals surface area contributed by atoms with Crippen molar-refractivity contribution in [2.45, 2.75) is 4.58 Å². The summed E-state index contributed by atoms with van der Waals surface area (Å²) >= 11 is 4.11. The van der Waals surface area contributed by atoms with Gasteiger partial charge in [0.15, 0.2) is 0 Å². The average Bonchev–Trinajstić information content (AvgIpc) is 2.47. The first-order valence-corrected chi connectivity index (χ1v) is 10.5. The predicted molar refractivity (Wildman–Crippen MR) is 90.5 cm³/mol. The highest BCUT2D eigenvalue weighted by atomic mass is 33.1. The molecule has 20 heavy (non-hydrogen) atoms. The van der Waals surface area contributed by atoms with E-state index in [-0.39, 0.29) is 6.33 Å². The Bertz CT molecular complexity index is 514. The Morgan fingerprint density at radius 2 is 1.30 bits per heavy atom. The van der Waals surface area contributed by atoms with Crippen LogP contribution in [-0.2, 0) is 0 Å². The lowest BCUT2D eigenvalue weighted by Crippen LogP contribution is -2.04. The minimum absolute atomic E-state index is 0.138. The summed E-state index contributed by atoms with van der Waals surface area (Å²) in [6.45, 7) is 0. The highest BCUT2D eigenvalue weighted by molar-refractivity contribution is 8.99. The number of ether oxygens (including phenoxy) is 2. The highest BCUT2D eigenvalue weighted by Gasteiger charge is 2.33. The van der Waals surface area contributed by atoms with Gasteiger partial charge in [0, 0.05) is 6.33 Å². The molecule has 1 aliphatic rings. The number of methoxy groups -OCH3 is 2. The van der Waals surface area contributed by atoms with Gasteiger partial charge in [-0.2, -0.15) is 0 Å². The summed E-state index contributed by atoms with van der Waals surface area (Å²) in [5.41, 5.74) is 1.37. The van der Waals surface area contributed by atoms with Gasteiger partial charge in [0.1, 0.15) is 11.5 Å². The van der Waals surface area contributed by atoms with Crippen LogP contribution in [0.5, 0.6) is 11.5 Å². The van der Waals surface area contributed by atoms with Crippen molar-refractivity contribution in [3.05, 3.63) is 54.1 Å². The fraction of sp³-hybridized carbons (Fsp3) is 0.200. The first kappa shape index (κ1) is 14.1. The normalized spacial score (nSPS) is 21.1. The molecular formula is C15H15O2PS2. The van der Waals surface area contributed by atoms with Gasteiger partial charge in [0.05, 0.1) is 18.8 Å². The zero-order valence-corrected chi connectivity index (χ0v) is 13.8. The standard InChI is InChI=1S/C15H15O2PS2/c1-16-12-5-3-11(4-6-12)15-19-18(20-15)14-9-7-13(17-2)8-10-14/h3-10,15H,1-2H3. The molecule has 0 aromatic heterocycles. The maximum atomic E-state index is 5.19. The van der Waals surface area contributed by atoms with E-state index in [1.165, 1.54) is 10.9 Å². The first-order chi connectivity index (χ1) is 9.80. The Labute approximate surface area is 128 Å². The number of hydrogen-bond donors (Lipinski definition) is 0. The van der Waals surface area contributed by atoms with Gasteiger partial charge >= 0.3 is 0 Å². The molecule has 2 nitrogen and oxygen atoms in total. The molecule has 0 spiro atoms. The molecular weight excluding hydrogens is 307 g/mol. The SMILES string of the molecule is COc1ccc(C2SP(c3ccc(OC)cc3)S2)cc1. The first-order valence-electron chi connectivity index (χ1n) is 6.22. The van der Waals surface area contributed by atoms with Crippen molar-refractivity contribution in [3.63, 3.8) is 0 Å². The fourth-order valence-electron chi connectivity index (χ4n) is 1.89. The zero-order chi connectivity index (χ0) is 13.9. The summed E-state index contributed by atoms with van der Waals surface area (Å²) in [6.07, 6.45) is -0.138. The Morgan fingerprint density at radius 3 is 1.80 bits per heavy atom. The molecule has 1 saturated heterocycles. The largest absolute Gasteiger partial charge is 0.497 e. The molecule has 0 saturated carbocycles. The van der Waals surface area contributed by atoms with Gasteiger partial charge in [0.25, 0.3) is 0 Å². The summed E-state index contributed by atoms with van der Waals surface area (Å²) < 4.78 is 10.9. The second-order valence-electron chi connectivity index (χ2n) is 4.27. The van der Waals surface area contributed by atoms with Crippen LogP contribution in [0.4, 0.5) is 0 Å². The molecule has 0 atom stereocenters. The zero-order valence-electron chi connectivity index (χ0n) is 11.3. The number of rotatable bonds is 4. The van der Waals surface area contributed by atoms with Crippen LogP contribution in [0.3, 0.4) is 0 Å². The van der Waals surface area contributed by atoms with E-state index in [0.717, 1.165) is 11.5 Å². The molecule has 3 rings (SSSR count). The molecule has 0 aliphatic carbocycles. The summed E-state index contributed by atoms with van der Waals surface area (Å²) in [5, 5.41) is 1.42. The minimum atomic E-state index is -0.138. The highest BCUT2D eigenvalue weighted by Crippen LogP contribution is 2.81. The van der Waals surface area contributed by atoms with Crippen molar-refractivity contribution in [1.82, 2.24) is 0 Å². The lowest BCUT2D eigenvalue weighted by molar-refractivity contribution is 0.414. The Hall–Kier alpha value is -0.830. The smallest absolute Gasteiger partial charge is 0.118 e. The van der Waals surface area contributed by atoms with Crippen LogP contribution in [-0.4, -0.2) is 14.2 Å². The Morgan fingerprint density at radius 1 is 0.800 bits per heavy atom. The van der Waals surface area contributed by atoms with E-state index in [0.29, 0.717) is 4.58 Å². The number of hydrogen-bond acceptors (Lipinski definition) is 4. The van der Waals surface area contributed by atoms with Gasteiger partial charge in [-0.25, -0.2) is 0 Å². The molecule has 1 fully saturated rings. The van der Waals surface area contributed by atoms with Crippen molar-refractivity contribution in [2.24, 2.45) is 0 Å². The van der Waals surface area contributed by atoms with E-state index < -0.39 is 0 Å². The topological polar surface area (TPSA) is 18.5 Å². The van der Waals surface area contributed by atoms with Crippen LogP contribution in [0, 0.1) is 0 Å². The van der Waals surface area contributed by atoms with E-state index in [1.807, 2.05) is 24.3 Å². The molecule has 0 bridgehead atoms. The van der Waals surface area contributed by atoms with Crippen LogP contribution >= 0.6 is 29.1 Å². The molecule has 0 amide bonds. The van der Waals surface area contributed by atoms with Crippen molar-refractivity contribution < 1.29 is 9.47 Å². The van der Waals surface area contributed by atoms with Crippen LogP contribution in [0.25, 0.3) is 0 Å². The molecule has 2 aromatic rings. The molecule has 0 N–H and O–H groups in total. The van der Waals surface area contributed by atoms with Gasteiger partial charge in [-0.05, 0) is 47.3 Å². The summed E-state index contributed by atoms with van der Waals surface area (Å²) in [5.74, 6) is 1.84. The van der Waals surface area contributed by atoms with E-state index in [4.69, 9.17) is 9.47 Å². The molecule has 2 aromatic carbocycles. The average molecular weight is 322 g/mol. The van der Waals surface area contributed by atoms with Crippen LogP contribution in [0.15, 0.2) is 48.5 Å². The van der Waals surface area contributed by atoms with Crippen molar-refractivity contribution >= 4 is 34.4 Å². The molecule has 5 heteroatoms. The van der Waals surface area contributed by atoms with Crippen molar-refractivity contribution in [3.8, 4) is 11.5 Å². The monoisotopic (exact) mass is 322 g/mol. The van der Waals surface area contributed by atoms with Crippen LogP contribution < -0.4 is 14.8 Å². The molecule has 1 aliphatic heterocycles. The second-order valence-corrected chi connectivity index (χ2v) is 11.1. The summed E-state index contributed by atoms with van der Waals surface area (Å²) in [7, 11) is 3.40. The third-order valence-electron chi connectivity index (χ3n) is 3.05. The maximum Gasteiger partial charge on any atom is 0.118 e. The van der Waals surface area contributed by atoms with Crippen LogP contribution in [0.1, 0.15) is 10.1 Å². The molecule has 1 heterocycles. The molecule has 0 radical (unpaired) electrons. The van der Waals surface area contributed by atoms with Crippen molar-refractivity contribution in [2.75, 3.05) is 14.2 Å². The molecule has 0 unspecified atom stereocenters. The molecule has 104 valence electrons. The number of benzene rings is 2. The van der Waals surface area contributed by atoms with E-state index in [1.54, 1.807) is 14.2 Å². The van der Waals surface area contributed by atoms with E-state index >= 15 is 0 Å². The third kappa shape index (κ3) is 2.93. The maximum absolute atomic E-state index is 5.19. The summed E-state index contributed by atoms with van der Waals surface area (Å²) in [4.78, 5) is 0. The quantitative estimate of drug-likeness (QED) is 0.751. The fourth-order valence-corrected chi connectivity index (χ4v) is 9.05. The van der Waals surface area contributed by atoms with E-state index in [9.17, 15) is 0 Å². The van der Waals surface area contributed by atoms with Gasteiger partial charge in [-0.15, -0.1) is 0 Å². The van der Waals surface area contributed by atoms with Gasteiger partial charge in [-0.3, -0.25) is 0 Å².